The minimum Gasteiger partial charge on any atom is -0.292 e. The fourth-order valence-electron chi connectivity index (χ4n) is 8.73. The van der Waals surface area contributed by atoms with Gasteiger partial charge in [0.2, 0.25) is 0 Å². The van der Waals surface area contributed by atoms with Gasteiger partial charge in [-0.1, -0.05) is 165 Å². The van der Waals surface area contributed by atoms with Gasteiger partial charge in [0, 0.05) is 26.5 Å². The molecule has 1 aliphatic heterocycles. The highest BCUT2D eigenvalue weighted by molar-refractivity contribution is 7.99. The molecule has 2 nitrogen and oxygen atoms in total. The fraction of sp³-hybridized carbons (Fsp3) is 0.0851. The summed E-state index contributed by atoms with van der Waals surface area (Å²) in [6, 6.07) is 62.3. The van der Waals surface area contributed by atoms with E-state index in [1.54, 1.807) is 0 Å². The van der Waals surface area contributed by atoms with E-state index in [9.17, 15) is 0 Å². The topological polar surface area (TPSA) is 17.8 Å². The van der Waals surface area contributed by atoms with E-state index in [1.807, 2.05) is 11.8 Å². The summed E-state index contributed by atoms with van der Waals surface area (Å²) in [5.74, 6) is 0.947. The summed E-state index contributed by atoms with van der Waals surface area (Å²) >= 11 is 1.91. The van der Waals surface area contributed by atoms with E-state index in [0.29, 0.717) is 0 Å². The minimum absolute atomic E-state index is 0.123. The number of fused-ring (bicyclic) bond motifs is 9. The van der Waals surface area contributed by atoms with Crippen molar-refractivity contribution in [1.82, 2.24) is 9.55 Å². The summed E-state index contributed by atoms with van der Waals surface area (Å²) in [5.41, 5.74) is 14.4. The number of hydrogen-bond donors (Lipinski definition) is 0. The SMILES string of the molecule is CC1(C)c2ccccc2C2(c3ccccc3Sc3c(-c4ccc(-n5c(-c6ccccc6)nc6ccccc65)cc4)cccc32)c2ccccc21. The van der Waals surface area contributed by atoms with Crippen molar-refractivity contribution in [2.75, 3.05) is 0 Å². The first-order valence-electron chi connectivity index (χ1n) is 17.3. The van der Waals surface area contributed by atoms with Crippen LogP contribution >= 0.6 is 11.8 Å². The van der Waals surface area contributed by atoms with Crippen molar-refractivity contribution in [3.05, 3.63) is 203 Å². The number of benzene rings is 7. The Morgan fingerprint density at radius 3 is 1.78 bits per heavy atom. The molecule has 0 amide bonds. The standard InChI is InChI=1S/C47H34N2S/c1-46(2)35-18-6-8-20-37(35)47(38-21-9-7-19-36(38)46)39-22-10-13-26-43(39)50-44-34(17-14-23-40(44)47)31-27-29-33(30-28-31)49-42-25-12-11-24-41(42)48-45(49)32-15-4-3-5-16-32/h3-30H,1-2H3. The molecule has 50 heavy (non-hydrogen) atoms. The average molecular weight is 659 g/mol. The first kappa shape index (κ1) is 29.3. The van der Waals surface area contributed by atoms with E-state index >= 15 is 0 Å². The zero-order valence-corrected chi connectivity index (χ0v) is 28.8. The van der Waals surface area contributed by atoms with Crippen molar-refractivity contribution in [3.8, 4) is 28.2 Å². The molecule has 1 aliphatic carbocycles. The van der Waals surface area contributed by atoms with Crippen molar-refractivity contribution < 1.29 is 0 Å². The van der Waals surface area contributed by atoms with Gasteiger partial charge in [0.1, 0.15) is 5.82 Å². The van der Waals surface area contributed by atoms with Crippen LogP contribution in [0.15, 0.2) is 180 Å². The predicted octanol–water partition coefficient (Wildman–Crippen LogP) is 11.8. The second-order valence-corrected chi connectivity index (χ2v) is 15.0. The molecule has 8 aromatic rings. The van der Waals surface area contributed by atoms with E-state index in [1.165, 1.54) is 54.3 Å². The Hall–Kier alpha value is -5.64. The Morgan fingerprint density at radius 1 is 0.480 bits per heavy atom. The van der Waals surface area contributed by atoms with Crippen molar-refractivity contribution >= 4 is 22.8 Å². The van der Waals surface area contributed by atoms with E-state index in [0.717, 1.165) is 28.1 Å². The summed E-state index contributed by atoms with van der Waals surface area (Å²) in [6.45, 7) is 4.76. The number of rotatable bonds is 3. The summed E-state index contributed by atoms with van der Waals surface area (Å²) in [7, 11) is 0. The molecular formula is C47H34N2S. The van der Waals surface area contributed by atoms with Crippen LogP contribution in [0, 0.1) is 0 Å². The van der Waals surface area contributed by atoms with Crippen LogP contribution in [0.2, 0.25) is 0 Å². The Balaban J connectivity index is 1.19. The molecule has 3 heteroatoms. The molecule has 0 unspecified atom stereocenters. The largest absolute Gasteiger partial charge is 0.292 e. The first-order chi connectivity index (χ1) is 24.6. The van der Waals surface area contributed by atoms with Crippen LogP contribution in [0.4, 0.5) is 0 Å². The van der Waals surface area contributed by atoms with Gasteiger partial charge in [0.25, 0.3) is 0 Å². The highest BCUT2D eigenvalue weighted by Crippen LogP contribution is 2.62. The lowest BCUT2D eigenvalue weighted by Crippen LogP contribution is -2.43. The molecule has 0 fully saturated rings. The van der Waals surface area contributed by atoms with Crippen molar-refractivity contribution in [2.24, 2.45) is 0 Å². The first-order valence-corrected chi connectivity index (χ1v) is 18.1. The molecule has 0 radical (unpaired) electrons. The molecule has 0 bridgehead atoms. The van der Waals surface area contributed by atoms with Gasteiger partial charge in [-0.2, -0.15) is 0 Å². The normalized spacial score (nSPS) is 14.8. The zero-order valence-electron chi connectivity index (χ0n) is 28.0. The molecule has 238 valence electrons. The van der Waals surface area contributed by atoms with Crippen molar-refractivity contribution in [1.29, 1.82) is 0 Å². The second kappa shape index (κ2) is 10.9. The molecule has 10 rings (SSSR count). The molecule has 0 atom stereocenters. The minimum atomic E-state index is -0.434. The summed E-state index contributed by atoms with van der Waals surface area (Å²) in [4.78, 5) is 7.71. The van der Waals surface area contributed by atoms with Crippen molar-refractivity contribution in [2.45, 2.75) is 34.5 Å². The zero-order chi connectivity index (χ0) is 33.5. The fourth-order valence-corrected chi connectivity index (χ4v) is 10.1. The summed E-state index contributed by atoms with van der Waals surface area (Å²) in [5, 5.41) is 0. The van der Waals surface area contributed by atoms with Gasteiger partial charge in [0.15, 0.2) is 0 Å². The van der Waals surface area contributed by atoms with E-state index in [-0.39, 0.29) is 5.41 Å². The quantitative estimate of drug-likeness (QED) is 0.188. The van der Waals surface area contributed by atoms with Gasteiger partial charge < -0.3 is 0 Å². The Labute approximate surface area is 297 Å². The highest BCUT2D eigenvalue weighted by atomic mass is 32.2. The Morgan fingerprint density at radius 2 is 1.06 bits per heavy atom. The maximum atomic E-state index is 5.07. The molecule has 0 N–H and O–H groups in total. The average Bonchev–Trinajstić information content (AvgIpc) is 3.57. The number of aromatic nitrogens is 2. The van der Waals surface area contributed by atoms with Crippen LogP contribution in [-0.4, -0.2) is 9.55 Å². The summed E-state index contributed by atoms with van der Waals surface area (Å²) in [6.07, 6.45) is 0. The van der Waals surface area contributed by atoms with Gasteiger partial charge in [-0.25, -0.2) is 4.98 Å². The van der Waals surface area contributed by atoms with Gasteiger partial charge in [0.05, 0.1) is 16.4 Å². The molecular weight excluding hydrogens is 625 g/mol. The third kappa shape index (κ3) is 4.01. The van der Waals surface area contributed by atoms with E-state index in [2.05, 4.69) is 188 Å². The lowest BCUT2D eigenvalue weighted by Gasteiger charge is -2.50. The number of imidazole rings is 1. The van der Waals surface area contributed by atoms with Gasteiger partial charge in [-0.15, -0.1) is 0 Å². The van der Waals surface area contributed by atoms with E-state index < -0.39 is 5.41 Å². The summed E-state index contributed by atoms with van der Waals surface area (Å²) < 4.78 is 2.28. The monoisotopic (exact) mass is 658 g/mol. The molecule has 0 saturated carbocycles. The van der Waals surface area contributed by atoms with Crippen LogP contribution in [-0.2, 0) is 10.8 Å². The van der Waals surface area contributed by atoms with Crippen LogP contribution in [0.3, 0.4) is 0 Å². The molecule has 2 heterocycles. The van der Waals surface area contributed by atoms with Crippen LogP contribution in [0.25, 0.3) is 39.2 Å². The highest BCUT2D eigenvalue weighted by Gasteiger charge is 2.52. The number of para-hydroxylation sites is 2. The smallest absolute Gasteiger partial charge is 0.145 e. The molecule has 0 saturated heterocycles. The second-order valence-electron chi connectivity index (χ2n) is 13.9. The van der Waals surface area contributed by atoms with Gasteiger partial charge in [-0.3, -0.25) is 4.57 Å². The third-order valence-electron chi connectivity index (χ3n) is 11.0. The van der Waals surface area contributed by atoms with Crippen molar-refractivity contribution in [3.63, 3.8) is 0 Å². The Bertz CT molecular complexity index is 2540. The molecule has 7 aromatic carbocycles. The molecule has 1 spiro atoms. The molecule has 2 aliphatic rings. The number of nitrogens with zero attached hydrogens (tertiary/aromatic N) is 2. The lowest BCUT2D eigenvalue weighted by molar-refractivity contribution is 0.549. The third-order valence-corrected chi connectivity index (χ3v) is 12.2. The maximum Gasteiger partial charge on any atom is 0.145 e. The van der Waals surface area contributed by atoms with Crippen LogP contribution in [0.1, 0.15) is 47.2 Å². The van der Waals surface area contributed by atoms with Crippen LogP contribution in [0.5, 0.6) is 0 Å². The van der Waals surface area contributed by atoms with Gasteiger partial charge in [-0.05, 0) is 74.8 Å². The maximum absolute atomic E-state index is 5.07. The van der Waals surface area contributed by atoms with E-state index in [4.69, 9.17) is 4.98 Å². The lowest BCUT2D eigenvalue weighted by atomic mass is 9.54. The number of hydrogen-bond acceptors (Lipinski definition) is 2. The Kier molecular flexibility index (Phi) is 6.40. The predicted molar refractivity (Wildman–Crippen MR) is 207 cm³/mol. The van der Waals surface area contributed by atoms with Crippen LogP contribution < -0.4 is 0 Å². The molecule has 1 aromatic heterocycles. The van der Waals surface area contributed by atoms with Gasteiger partial charge >= 0.3 is 0 Å².